The highest BCUT2D eigenvalue weighted by atomic mass is 32.2. The summed E-state index contributed by atoms with van der Waals surface area (Å²) in [4.78, 5) is 0. The van der Waals surface area contributed by atoms with Crippen LogP contribution in [0.15, 0.2) is 0 Å². The van der Waals surface area contributed by atoms with E-state index in [0.717, 1.165) is 30.0 Å². The molecule has 0 saturated carbocycles. The zero-order valence-corrected chi connectivity index (χ0v) is 13.0. The van der Waals surface area contributed by atoms with Gasteiger partial charge in [0, 0.05) is 17.2 Å². The van der Waals surface area contributed by atoms with E-state index < -0.39 is 0 Å². The fourth-order valence-corrected chi connectivity index (χ4v) is 3.08. The van der Waals surface area contributed by atoms with Crippen molar-refractivity contribution in [2.45, 2.75) is 57.7 Å². The van der Waals surface area contributed by atoms with Gasteiger partial charge in [0.1, 0.15) is 5.82 Å². The van der Waals surface area contributed by atoms with Crippen molar-refractivity contribution in [2.24, 2.45) is 0 Å². The fraction of sp³-hybridized carbons (Fsp3) is 0.833. The minimum atomic E-state index is 0.270. The summed E-state index contributed by atoms with van der Waals surface area (Å²) >= 11 is 7.28. The van der Waals surface area contributed by atoms with Crippen molar-refractivity contribution in [1.82, 2.24) is 14.8 Å². The van der Waals surface area contributed by atoms with Crippen molar-refractivity contribution in [3.8, 4) is 0 Å². The number of thioether (sulfide) groups is 1. The molecule has 1 aromatic heterocycles. The SMILES string of the molecule is CCC(CC)(Cn1c(C(C)C)n[nH]c1=S)SC. The van der Waals surface area contributed by atoms with Gasteiger partial charge in [0.2, 0.25) is 0 Å². The molecule has 0 saturated heterocycles. The first-order valence-electron chi connectivity index (χ1n) is 6.20. The van der Waals surface area contributed by atoms with E-state index >= 15 is 0 Å². The molecule has 0 unspecified atom stereocenters. The summed E-state index contributed by atoms with van der Waals surface area (Å²) in [6, 6.07) is 0. The van der Waals surface area contributed by atoms with Crippen LogP contribution in [-0.2, 0) is 6.54 Å². The average Bonchev–Trinajstić information content (AvgIpc) is 2.68. The van der Waals surface area contributed by atoms with Gasteiger partial charge < -0.3 is 4.57 Å². The Morgan fingerprint density at radius 1 is 1.41 bits per heavy atom. The minimum absolute atomic E-state index is 0.270. The van der Waals surface area contributed by atoms with Crippen molar-refractivity contribution < 1.29 is 0 Å². The Labute approximate surface area is 113 Å². The van der Waals surface area contributed by atoms with Gasteiger partial charge in [-0.15, -0.1) is 0 Å². The first-order chi connectivity index (χ1) is 7.99. The Balaban J connectivity index is 3.09. The molecule has 0 radical (unpaired) electrons. The Morgan fingerprint density at radius 3 is 2.41 bits per heavy atom. The van der Waals surface area contributed by atoms with E-state index in [4.69, 9.17) is 12.2 Å². The molecule has 98 valence electrons. The summed E-state index contributed by atoms with van der Waals surface area (Å²) < 4.78 is 3.18. The van der Waals surface area contributed by atoms with E-state index in [-0.39, 0.29) is 4.75 Å². The molecule has 17 heavy (non-hydrogen) atoms. The van der Waals surface area contributed by atoms with Crippen LogP contribution in [0, 0.1) is 4.77 Å². The number of nitrogens with zero attached hydrogens (tertiary/aromatic N) is 2. The number of aromatic nitrogens is 3. The van der Waals surface area contributed by atoms with Crippen molar-refractivity contribution >= 4 is 24.0 Å². The van der Waals surface area contributed by atoms with Crippen molar-refractivity contribution in [3.63, 3.8) is 0 Å². The normalized spacial score (nSPS) is 12.4. The third kappa shape index (κ3) is 3.13. The van der Waals surface area contributed by atoms with Crippen LogP contribution < -0.4 is 0 Å². The molecule has 1 rings (SSSR count). The van der Waals surface area contributed by atoms with Gasteiger partial charge >= 0.3 is 0 Å². The Hall–Kier alpha value is -0.290. The van der Waals surface area contributed by atoms with Gasteiger partial charge in [-0.05, 0) is 31.3 Å². The highest BCUT2D eigenvalue weighted by Gasteiger charge is 2.27. The second kappa shape index (κ2) is 6.05. The predicted octanol–water partition coefficient (Wildman–Crippen LogP) is 3.99. The lowest BCUT2D eigenvalue weighted by atomic mass is 10.0. The molecule has 1 N–H and O–H groups in total. The highest BCUT2D eigenvalue weighted by molar-refractivity contribution is 8.00. The highest BCUT2D eigenvalue weighted by Crippen LogP contribution is 2.33. The molecule has 1 aromatic rings. The molecule has 0 aromatic carbocycles. The quantitative estimate of drug-likeness (QED) is 0.796. The maximum absolute atomic E-state index is 5.34. The molecule has 0 atom stereocenters. The van der Waals surface area contributed by atoms with E-state index in [1.165, 1.54) is 0 Å². The summed E-state index contributed by atoms with van der Waals surface area (Å²) in [6.07, 6.45) is 4.48. The lowest BCUT2D eigenvalue weighted by Gasteiger charge is -2.30. The van der Waals surface area contributed by atoms with Gasteiger partial charge in [-0.2, -0.15) is 16.9 Å². The molecule has 0 aliphatic carbocycles. The van der Waals surface area contributed by atoms with Gasteiger partial charge in [0.25, 0.3) is 0 Å². The van der Waals surface area contributed by atoms with E-state index in [9.17, 15) is 0 Å². The molecule has 1 heterocycles. The minimum Gasteiger partial charge on any atom is -0.303 e. The van der Waals surface area contributed by atoms with Gasteiger partial charge in [-0.1, -0.05) is 27.7 Å². The molecule has 0 bridgehead atoms. The Kier molecular flexibility index (Phi) is 5.25. The summed E-state index contributed by atoms with van der Waals surface area (Å²) in [6.45, 7) is 9.75. The molecule has 0 amide bonds. The van der Waals surface area contributed by atoms with Crippen LogP contribution in [0.2, 0.25) is 0 Å². The first kappa shape index (κ1) is 14.8. The predicted molar refractivity (Wildman–Crippen MR) is 78.3 cm³/mol. The van der Waals surface area contributed by atoms with Crippen molar-refractivity contribution in [3.05, 3.63) is 10.6 Å². The number of aromatic amines is 1. The number of hydrogen-bond donors (Lipinski definition) is 1. The zero-order valence-electron chi connectivity index (χ0n) is 11.4. The molecule has 0 aliphatic rings. The average molecular weight is 273 g/mol. The van der Waals surface area contributed by atoms with Gasteiger partial charge in [0.05, 0.1) is 0 Å². The summed E-state index contributed by atoms with van der Waals surface area (Å²) in [5, 5.41) is 7.26. The van der Waals surface area contributed by atoms with Crippen LogP contribution in [0.1, 0.15) is 52.3 Å². The monoisotopic (exact) mass is 273 g/mol. The maximum atomic E-state index is 5.34. The Bertz CT molecular complexity index is 394. The van der Waals surface area contributed by atoms with Crippen LogP contribution in [0.25, 0.3) is 0 Å². The third-order valence-electron chi connectivity index (χ3n) is 3.47. The van der Waals surface area contributed by atoms with E-state index in [1.54, 1.807) is 0 Å². The fourth-order valence-electron chi connectivity index (χ4n) is 2.04. The molecule has 3 nitrogen and oxygen atoms in total. The lowest BCUT2D eigenvalue weighted by Crippen LogP contribution is -2.30. The molecule has 0 spiro atoms. The van der Waals surface area contributed by atoms with Crippen LogP contribution in [0.5, 0.6) is 0 Å². The zero-order chi connectivity index (χ0) is 13.1. The molecular weight excluding hydrogens is 250 g/mol. The van der Waals surface area contributed by atoms with Gasteiger partial charge in [0.15, 0.2) is 4.77 Å². The smallest absolute Gasteiger partial charge is 0.195 e. The van der Waals surface area contributed by atoms with E-state index in [2.05, 4.69) is 48.7 Å². The summed E-state index contributed by atoms with van der Waals surface area (Å²) in [5.74, 6) is 1.46. The van der Waals surface area contributed by atoms with Crippen molar-refractivity contribution in [1.29, 1.82) is 0 Å². The summed E-state index contributed by atoms with van der Waals surface area (Å²) in [7, 11) is 0. The number of hydrogen-bond acceptors (Lipinski definition) is 3. The van der Waals surface area contributed by atoms with Crippen LogP contribution in [0.4, 0.5) is 0 Å². The number of H-pyrrole nitrogens is 1. The first-order valence-corrected chi connectivity index (χ1v) is 7.83. The van der Waals surface area contributed by atoms with E-state index in [0.29, 0.717) is 5.92 Å². The standard InChI is InChI=1S/C12H23N3S2/c1-6-12(7-2,17-5)8-15-10(9(3)4)13-14-11(15)16/h9H,6-8H2,1-5H3,(H,14,16). The molecular formula is C12H23N3S2. The third-order valence-corrected chi connectivity index (χ3v) is 5.36. The molecule has 0 fully saturated rings. The van der Waals surface area contributed by atoms with Gasteiger partial charge in [-0.3, -0.25) is 5.10 Å². The largest absolute Gasteiger partial charge is 0.303 e. The maximum Gasteiger partial charge on any atom is 0.195 e. The topological polar surface area (TPSA) is 33.6 Å². The van der Waals surface area contributed by atoms with Crippen LogP contribution in [0.3, 0.4) is 0 Å². The Morgan fingerprint density at radius 2 is 2.00 bits per heavy atom. The van der Waals surface area contributed by atoms with Gasteiger partial charge in [-0.25, -0.2) is 0 Å². The van der Waals surface area contributed by atoms with Crippen LogP contribution >= 0.6 is 24.0 Å². The number of rotatable bonds is 6. The second-order valence-corrected chi connectivity index (χ2v) is 6.38. The molecule has 0 aliphatic heterocycles. The summed E-state index contributed by atoms with van der Waals surface area (Å²) in [5.41, 5.74) is 0. The number of nitrogens with one attached hydrogen (secondary N) is 1. The molecule has 5 heteroatoms. The van der Waals surface area contributed by atoms with Crippen LogP contribution in [-0.4, -0.2) is 25.8 Å². The lowest BCUT2D eigenvalue weighted by molar-refractivity contribution is 0.449. The second-order valence-electron chi connectivity index (χ2n) is 4.72. The van der Waals surface area contributed by atoms with Crippen molar-refractivity contribution in [2.75, 3.05) is 6.26 Å². The van der Waals surface area contributed by atoms with E-state index in [1.807, 2.05) is 11.8 Å².